The first-order chi connectivity index (χ1) is 7.36. The largest absolute Gasteiger partial charge is 0.256 e. The number of benzene rings is 1. The predicted molar refractivity (Wildman–Crippen MR) is 64.7 cm³/mol. The fourth-order valence-electron chi connectivity index (χ4n) is 1.71. The summed E-state index contributed by atoms with van der Waals surface area (Å²) in [6.45, 7) is 0. The highest BCUT2D eigenvalue weighted by Crippen LogP contribution is 2.30. The van der Waals surface area contributed by atoms with Crippen LogP contribution in [0.1, 0.15) is 0 Å². The van der Waals surface area contributed by atoms with Crippen LogP contribution < -0.4 is 0 Å². The summed E-state index contributed by atoms with van der Waals surface area (Å²) in [5.74, 6) is 0. The van der Waals surface area contributed by atoms with E-state index in [9.17, 15) is 0 Å². The standard InChI is InChI=1S/C12H7BrN2/c13-12-8-3-1-5-14-10(8)7-11-9(12)4-2-6-15-11/h1-7H. The van der Waals surface area contributed by atoms with Gasteiger partial charge in [-0.15, -0.1) is 0 Å². The van der Waals surface area contributed by atoms with E-state index in [1.807, 2.05) is 18.2 Å². The fraction of sp³-hybridized carbons (Fsp3) is 0. The third-order valence-electron chi connectivity index (χ3n) is 2.42. The van der Waals surface area contributed by atoms with Crippen molar-refractivity contribution in [3.8, 4) is 0 Å². The second kappa shape index (κ2) is 3.28. The van der Waals surface area contributed by atoms with Crippen LogP contribution in [-0.4, -0.2) is 9.97 Å². The Hall–Kier alpha value is -1.48. The van der Waals surface area contributed by atoms with Crippen molar-refractivity contribution in [3.05, 3.63) is 47.2 Å². The molecule has 0 radical (unpaired) electrons. The van der Waals surface area contributed by atoms with Gasteiger partial charge in [0.15, 0.2) is 0 Å². The van der Waals surface area contributed by atoms with Gasteiger partial charge >= 0.3 is 0 Å². The molecule has 0 aliphatic rings. The van der Waals surface area contributed by atoms with Crippen molar-refractivity contribution in [2.24, 2.45) is 0 Å². The van der Waals surface area contributed by atoms with Gasteiger partial charge in [-0.25, -0.2) is 0 Å². The van der Waals surface area contributed by atoms with Crippen molar-refractivity contribution in [1.29, 1.82) is 0 Å². The molecular weight excluding hydrogens is 252 g/mol. The van der Waals surface area contributed by atoms with Crippen molar-refractivity contribution < 1.29 is 0 Å². The quantitative estimate of drug-likeness (QED) is 0.577. The van der Waals surface area contributed by atoms with E-state index in [1.165, 1.54) is 0 Å². The van der Waals surface area contributed by atoms with Gasteiger partial charge in [-0.05, 0) is 34.1 Å². The van der Waals surface area contributed by atoms with Gasteiger partial charge in [0.05, 0.1) is 11.0 Å². The zero-order valence-electron chi connectivity index (χ0n) is 7.81. The second-order valence-electron chi connectivity index (χ2n) is 3.33. The minimum absolute atomic E-state index is 0.968. The lowest BCUT2D eigenvalue weighted by Gasteiger charge is -2.03. The minimum Gasteiger partial charge on any atom is -0.256 e. The summed E-state index contributed by atoms with van der Waals surface area (Å²) in [6, 6.07) is 10.00. The maximum Gasteiger partial charge on any atom is 0.0735 e. The normalized spacial score (nSPS) is 11.0. The summed E-state index contributed by atoms with van der Waals surface area (Å²) in [7, 11) is 0. The van der Waals surface area contributed by atoms with Crippen molar-refractivity contribution in [3.63, 3.8) is 0 Å². The third kappa shape index (κ3) is 1.31. The van der Waals surface area contributed by atoms with E-state index in [0.717, 1.165) is 26.3 Å². The number of hydrogen-bond acceptors (Lipinski definition) is 2. The van der Waals surface area contributed by atoms with Gasteiger partial charge in [-0.3, -0.25) is 9.97 Å². The topological polar surface area (TPSA) is 25.8 Å². The minimum atomic E-state index is 0.968. The molecule has 3 heteroatoms. The number of pyridine rings is 2. The molecule has 0 saturated heterocycles. The van der Waals surface area contributed by atoms with Crippen LogP contribution in [0.15, 0.2) is 47.2 Å². The highest BCUT2D eigenvalue weighted by Gasteiger charge is 2.05. The van der Waals surface area contributed by atoms with Crippen LogP contribution in [0, 0.1) is 0 Å². The molecule has 1 aromatic carbocycles. The van der Waals surface area contributed by atoms with Gasteiger partial charge in [0.1, 0.15) is 0 Å². The van der Waals surface area contributed by atoms with Gasteiger partial charge < -0.3 is 0 Å². The molecule has 0 aliphatic heterocycles. The third-order valence-corrected chi connectivity index (χ3v) is 3.28. The molecule has 0 unspecified atom stereocenters. The van der Waals surface area contributed by atoms with E-state index in [1.54, 1.807) is 12.4 Å². The molecule has 15 heavy (non-hydrogen) atoms. The summed E-state index contributed by atoms with van der Waals surface area (Å²) < 4.78 is 1.07. The molecule has 0 atom stereocenters. The van der Waals surface area contributed by atoms with E-state index >= 15 is 0 Å². The van der Waals surface area contributed by atoms with Gasteiger partial charge in [-0.2, -0.15) is 0 Å². The van der Waals surface area contributed by atoms with Crippen LogP contribution in [0.3, 0.4) is 0 Å². The Morgan fingerprint density at radius 3 is 1.93 bits per heavy atom. The molecule has 3 rings (SSSR count). The first-order valence-corrected chi connectivity index (χ1v) is 5.43. The number of aromatic nitrogens is 2. The molecule has 0 aliphatic carbocycles. The van der Waals surface area contributed by atoms with Crippen molar-refractivity contribution in [2.75, 3.05) is 0 Å². The fourth-order valence-corrected chi connectivity index (χ4v) is 2.38. The Balaban J connectivity index is 2.60. The van der Waals surface area contributed by atoms with Gasteiger partial charge in [0, 0.05) is 27.6 Å². The van der Waals surface area contributed by atoms with E-state index < -0.39 is 0 Å². The monoisotopic (exact) mass is 258 g/mol. The number of fused-ring (bicyclic) bond motifs is 2. The lowest BCUT2D eigenvalue weighted by Crippen LogP contribution is -1.84. The molecular formula is C12H7BrN2. The zero-order valence-corrected chi connectivity index (χ0v) is 9.40. The highest BCUT2D eigenvalue weighted by molar-refractivity contribution is 9.10. The molecule has 3 aromatic rings. The van der Waals surface area contributed by atoms with E-state index in [4.69, 9.17) is 0 Å². The molecule has 0 fully saturated rings. The van der Waals surface area contributed by atoms with E-state index in [2.05, 4.69) is 38.0 Å². The van der Waals surface area contributed by atoms with Crippen LogP contribution in [0.25, 0.3) is 21.8 Å². The lowest BCUT2D eigenvalue weighted by molar-refractivity contribution is 1.38. The Morgan fingerprint density at radius 2 is 1.40 bits per heavy atom. The number of nitrogens with zero attached hydrogens (tertiary/aromatic N) is 2. The van der Waals surface area contributed by atoms with Crippen LogP contribution in [0.4, 0.5) is 0 Å². The summed E-state index contributed by atoms with van der Waals surface area (Å²) in [5, 5.41) is 2.25. The Labute approximate surface area is 95.1 Å². The highest BCUT2D eigenvalue weighted by atomic mass is 79.9. The number of hydrogen-bond donors (Lipinski definition) is 0. The molecule has 0 N–H and O–H groups in total. The first-order valence-electron chi connectivity index (χ1n) is 4.64. The SMILES string of the molecule is Brc1c2cccnc2cc2ncccc12. The van der Waals surface area contributed by atoms with Crippen LogP contribution >= 0.6 is 15.9 Å². The van der Waals surface area contributed by atoms with Gasteiger partial charge in [0.2, 0.25) is 0 Å². The van der Waals surface area contributed by atoms with Crippen molar-refractivity contribution >= 4 is 37.7 Å². The van der Waals surface area contributed by atoms with E-state index in [-0.39, 0.29) is 0 Å². The summed E-state index contributed by atoms with van der Waals surface area (Å²) in [4.78, 5) is 8.64. The molecule has 72 valence electrons. The Kier molecular flexibility index (Phi) is 1.92. The Morgan fingerprint density at radius 1 is 0.867 bits per heavy atom. The molecule has 0 spiro atoms. The van der Waals surface area contributed by atoms with Gasteiger partial charge in [0.25, 0.3) is 0 Å². The predicted octanol–water partition coefficient (Wildman–Crippen LogP) is 3.55. The van der Waals surface area contributed by atoms with Crippen LogP contribution in [0.2, 0.25) is 0 Å². The maximum atomic E-state index is 4.32. The molecule has 2 aromatic heterocycles. The van der Waals surface area contributed by atoms with Crippen molar-refractivity contribution in [2.45, 2.75) is 0 Å². The molecule has 2 nitrogen and oxygen atoms in total. The zero-order chi connectivity index (χ0) is 10.3. The molecule has 0 saturated carbocycles. The average molecular weight is 259 g/mol. The smallest absolute Gasteiger partial charge is 0.0735 e. The van der Waals surface area contributed by atoms with Crippen LogP contribution in [-0.2, 0) is 0 Å². The summed E-state index contributed by atoms with van der Waals surface area (Å²) in [6.07, 6.45) is 3.59. The average Bonchev–Trinajstić information content (AvgIpc) is 2.30. The van der Waals surface area contributed by atoms with E-state index in [0.29, 0.717) is 0 Å². The Bertz CT molecular complexity index is 595. The van der Waals surface area contributed by atoms with Gasteiger partial charge in [-0.1, -0.05) is 12.1 Å². The summed E-state index contributed by atoms with van der Waals surface area (Å²) in [5.41, 5.74) is 1.94. The second-order valence-corrected chi connectivity index (χ2v) is 4.12. The lowest BCUT2D eigenvalue weighted by atomic mass is 10.1. The van der Waals surface area contributed by atoms with Crippen molar-refractivity contribution in [1.82, 2.24) is 9.97 Å². The number of halogens is 1. The molecule has 0 amide bonds. The molecule has 2 heterocycles. The number of rotatable bonds is 0. The maximum absolute atomic E-state index is 4.32. The molecule has 0 bridgehead atoms. The van der Waals surface area contributed by atoms with Crippen LogP contribution in [0.5, 0.6) is 0 Å². The first kappa shape index (κ1) is 8.80. The summed E-state index contributed by atoms with van der Waals surface area (Å²) >= 11 is 3.60.